The van der Waals surface area contributed by atoms with Crippen molar-refractivity contribution in [1.82, 2.24) is 4.90 Å². The third kappa shape index (κ3) is 6.22. The summed E-state index contributed by atoms with van der Waals surface area (Å²) < 4.78 is 170. The Morgan fingerprint density at radius 2 is 1.33 bits per heavy atom. The zero-order valence-electron chi connectivity index (χ0n) is 24.2. The second-order valence-corrected chi connectivity index (χ2v) is 11.9. The summed E-state index contributed by atoms with van der Waals surface area (Å²) in [7, 11) is 0. The summed E-state index contributed by atoms with van der Waals surface area (Å²) in [6.45, 7) is 0.627. The normalized spacial score (nSPS) is 24.7. The number of nitrogens with zero attached hydrogens (tertiary/aromatic N) is 1. The number of halogens is 12. The van der Waals surface area contributed by atoms with Crippen molar-refractivity contribution in [1.29, 1.82) is 0 Å². The summed E-state index contributed by atoms with van der Waals surface area (Å²) in [5, 5.41) is 0. The molecule has 254 valence electrons. The molecule has 0 saturated carbocycles. The van der Waals surface area contributed by atoms with Gasteiger partial charge >= 0.3 is 30.7 Å². The molecule has 3 heterocycles. The van der Waals surface area contributed by atoms with E-state index in [-0.39, 0.29) is 41.9 Å². The molecule has 0 unspecified atom stereocenters. The standard InChI is InChI=1S/C33H21F12NO2/c34-30(35,36)21-7-17(8-22(13-21)31(37,38)39)4-5-18(19-10-23(32(40,41)42)14-24(11-19)33(43,44)45)9-20-12-25-16-29(26(20)15-28(47)48-29)27-3-1-2-6-46(25)27/h7-15,25,27H,1-3,6,16H2/b18-9+/t25-,27-,29+/m1/s1. The van der Waals surface area contributed by atoms with Crippen LogP contribution in [0.5, 0.6) is 0 Å². The van der Waals surface area contributed by atoms with Crippen LogP contribution in [-0.4, -0.2) is 35.1 Å². The summed E-state index contributed by atoms with van der Waals surface area (Å²) in [4.78, 5) is 14.7. The molecule has 2 aromatic rings. The Morgan fingerprint density at radius 3 is 1.88 bits per heavy atom. The highest BCUT2D eigenvalue weighted by Crippen LogP contribution is 2.54. The topological polar surface area (TPSA) is 29.5 Å². The predicted molar refractivity (Wildman–Crippen MR) is 145 cm³/mol. The molecule has 0 N–H and O–H groups in total. The molecular weight excluding hydrogens is 670 g/mol. The van der Waals surface area contributed by atoms with E-state index in [1.165, 1.54) is 0 Å². The third-order valence-electron chi connectivity index (χ3n) is 8.83. The average molecular weight is 692 g/mol. The summed E-state index contributed by atoms with van der Waals surface area (Å²) >= 11 is 0. The van der Waals surface area contributed by atoms with Crippen molar-refractivity contribution < 1.29 is 62.2 Å². The molecule has 3 nitrogen and oxygen atoms in total. The van der Waals surface area contributed by atoms with Gasteiger partial charge in [0.05, 0.1) is 28.3 Å². The number of ether oxygens (including phenoxy) is 1. The monoisotopic (exact) mass is 691 g/mol. The molecule has 0 aromatic heterocycles. The van der Waals surface area contributed by atoms with Crippen LogP contribution in [0.15, 0.2) is 65.8 Å². The summed E-state index contributed by atoms with van der Waals surface area (Å²) in [6.07, 6.45) is -14.5. The van der Waals surface area contributed by atoms with Gasteiger partial charge in [0.1, 0.15) is 0 Å². The van der Waals surface area contributed by atoms with Crippen LogP contribution in [0.1, 0.15) is 59.1 Å². The molecule has 6 rings (SSSR count). The van der Waals surface area contributed by atoms with Crippen molar-refractivity contribution in [2.45, 2.75) is 68.1 Å². The first-order valence-electron chi connectivity index (χ1n) is 14.4. The maximum Gasteiger partial charge on any atom is 0.416 e. The van der Waals surface area contributed by atoms with Gasteiger partial charge in [-0.05, 0) is 73.0 Å². The molecule has 4 aliphatic rings. The minimum atomic E-state index is -5.28. The van der Waals surface area contributed by atoms with Crippen LogP contribution in [0, 0.1) is 11.8 Å². The fraction of sp³-hybridized carbons (Fsp3) is 0.364. The number of benzene rings is 2. The van der Waals surface area contributed by atoms with Crippen molar-refractivity contribution in [3.63, 3.8) is 0 Å². The molecule has 1 spiro atoms. The number of allylic oxidation sites excluding steroid dienone is 2. The average Bonchev–Trinajstić information content (AvgIpc) is 3.46. The van der Waals surface area contributed by atoms with Crippen LogP contribution in [0.2, 0.25) is 0 Å². The van der Waals surface area contributed by atoms with Crippen molar-refractivity contribution in [3.05, 3.63) is 99.2 Å². The first-order chi connectivity index (χ1) is 22.1. The lowest BCUT2D eigenvalue weighted by molar-refractivity contribution is -0.148. The number of piperidine rings is 1. The van der Waals surface area contributed by atoms with Gasteiger partial charge in [-0.15, -0.1) is 0 Å². The Bertz CT molecular complexity index is 1770. The highest BCUT2D eigenvalue weighted by molar-refractivity contribution is 5.91. The number of carbonyl (C=O) groups excluding carboxylic acids is 1. The van der Waals surface area contributed by atoms with E-state index in [4.69, 9.17) is 4.74 Å². The molecular formula is C33H21F12NO2. The minimum Gasteiger partial charge on any atom is -0.449 e. The molecule has 2 saturated heterocycles. The smallest absolute Gasteiger partial charge is 0.416 e. The zero-order chi connectivity index (χ0) is 35.0. The van der Waals surface area contributed by atoms with E-state index in [2.05, 4.69) is 16.7 Å². The number of alkyl halides is 12. The number of esters is 1. The quantitative estimate of drug-likeness (QED) is 0.179. The predicted octanol–water partition coefficient (Wildman–Crippen LogP) is 8.99. The van der Waals surface area contributed by atoms with Crippen LogP contribution in [0.3, 0.4) is 0 Å². The number of hydrogen-bond acceptors (Lipinski definition) is 3. The maximum atomic E-state index is 13.8. The maximum absolute atomic E-state index is 13.8. The molecule has 0 amide bonds. The van der Waals surface area contributed by atoms with Gasteiger partial charge in [0.15, 0.2) is 5.60 Å². The van der Waals surface area contributed by atoms with E-state index >= 15 is 0 Å². The lowest BCUT2D eigenvalue weighted by Crippen LogP contribution is -2.48. The number of rotatable bonds is 2. The highest BCUT2D eigenvalue weighted by atomic mass is 19.4. The molecule has 2 aromatic carbocycles. The zero-order valence-corrected chi connectivity index (χ0v) is 24.2. The van der Waals surface area contributed by atoms with E-state index in [0.29, 0.717) is 37.1 Å². The van der Waals surface area contributed by atoms with Crippen molar-refractivity contribution in [2.24, 2.45) is 0 Å². The second-order valence-electron chi connectivity index (χ2n) is 11.9. The molecule has 1 aliphatic carbocycles. The lowest BCUT2D eigenvalue weighted by Gasteiger charge is -2.38. The van der Waals surface area contributed by atoms with E-state index in [1.54, 1.807) is 6.08 Å². The van der Waals surface area contributed by atoms with Gasteiger partial charge in [-0.2, -0.15) is 52.7 Å². The summed E-state index contributed by atoms with van der Waals surface area (Å²) in [5.74, 6) is 3.63. The Hall–Kier alpha value is -4.19. The van der Waals surface area contributed by atoms with Crippen LogP contribution in [0.25, 0.3) is 5.57 Å². The molecule has 48 heavy (non-hydrogen) atoms. The van der Waals surface area contributed by atoms with Gasteiger partial charge in [-0.1, -0.05) is 24.3 Å². The van der Waals surface area contributed by atoms with Crippen LogP contribution < -0.4 is 0 Å². The van der Waals surface area contributed by atoms with Gasteiger partial charge < -0.3 is 4.74 Å². The van der Waals surface area contributed by atoms with Gasteiger partial charge in [0, 0.05) is 35.2 Å². The third-order valence-corrected chi connectivity index (χ3v) is 8.83. The van der Waals surface area contributed by atoms with Gasteiger partial charge in [0.2, 0.25) is 0 Å². The molecule has 2 fully saturated rings. The van der Waals surface area contributed by atoms with E-state index in [1.807, 2.05) is 0 Å². The largest absolute Gasteiger partial charge is 0.449 e. The minimum absolute atomic E-state index is 0.129. The molecule has 3 atom stereocenters. The fourth-order valence-corrected chi connectivity index (χ4v) is 6.85. The van der Waals surface area contributed by atoms with Gasteiger partial charge in [-0.3, -0.25) is 4.90 Å². The van der Waals surface area contributed by atoms with E-state index in [9.17, 15) is 57.5 Å². The number of hydrogen-bond donors (Lipinski definition) is 0. The Kier molecular flexibility index (Phi) is 7.85. The summed E-state index contributed by atoms with van der Waals surface area (Å²) in [5.41, 5.74) is -9.76. The van der Waals surface area contributed by atoms with Gasteiger partial charge in [-0.25, -0.2) is 4.79 Å². The van der Waals surface area contributed by atoms with Crippen molar-refractivity contribution in [2.75, 3.05) is 6.54 Å². The SMILES string of the molecule is O=C1C=C2C(/C=C(\C#Cc3cc(C(F)(F)F)cc(C(F)(F)F)c3)c3cc(C(F)(F)F)cc(C(F)(F)F)c3)=C[C@@H]3C[C@@]2(O1)[C@H]1CCCCN31. The van der Waals surface area contributed by atoms with Crippen molar-refractivity contribution >= 4 is 11.5 Å². The van der Waals surface area contributed by atoms with Crippen LogP contribution in [0.4, 0.5) is 52.7 Å². The summed E-state index contributed by atoms with van der Waals surface area (Å²) in [6, 6.07) is 0.389. The molecule has 15 heteroatoms. The van der Waals surface area contributed by atoms with Crippen LogP contribution in [-0.2, 0) is 34.2 Å². The Morgan fingerprint density at radius 1 is 0.792 bits per heavy atom. The molecule has 3 aliphatic heterocycles. The Balaban J connectivity index is 1.57. The first-order valence-corrected chi connectivity index (χ1v) is 14.4. The van der Waals surface area contributed by atoms with E-state index in [0.717, 1.165) is 25.0 Å². The molecule has 2 bridgehead atoms. The highest BCUT2D eigenvalue weighted by Gasteiger charge is 2.61. The van der Waals surface area contributed by atoms with Gasteiger partial charge in [0.25, 0.3) is 0 Å². The van der Waals surface area contributed by atoms with Crippen molar-refractivity contribution in [3.8, 4) is 11.8 Å². The number of carbonyl (C=O) groups is 1. The second kappa shape index (κ2) is 11.2. The molecule has 0 radical (unpaired) electrons. The fourth-order valence-electron chi connectivity index (χ4n) is 6.85. The Labute approximate surface area is 264 Å². The lowest BCUT2D eigenvalue weighted by atomic mass is 9.76. The van der Waals surface area contributed by atoms with E-state index < -0.39 is 75.2 Å². The van der Waals surface area contributed by atoms with Crippen LogP contribution >= 0.6 is 0 Å². The number of fused-ring (bicyclic) bond motifs is 3. The first kappa shape index (κ1) is 33.7.